The minimum atomic E-state index is -0.892. The second-order valence-electron chi connectivity index (χ2n) is 6.85. The van der Waals surface area contributed by atoms with E-state index in [0.717, 1.165) is 5.56 Å². The van der Waals surface area contributed by atoms with Gasteiger partial charge in [-0.1, -0.05) is 24.3 Å². The molecular formula is C21H23NO5. The van der Waals surface area contributed by atoms with Crippen molar-refractivity contribution in [3.05, 3.63) is 59.7 Å². The second-order valence-corrected chi connectivity index (χ2v) is 6.85. The molecular weight excluding hydrogens is 346 g/mol. The van der Waals surface area contributed by atoms with Crippen molar-refractivity contribution in [1.82, 2.24) is 0 Å². The summed E-state index contributed by atoms with van der Waals surface area (Å²) < 4.78 is 11.5. The van der Waals surface area contributed by atoms with Crippen molar-refractivity contribution < 1.29 is 24.5 Å². The summed E-state index contributed by atoms with van der Waals surface area (Å²) in [5.74, 6) is 0.352. The first-order valence-electron chi connectivity index (χ1n) is 8.90. The van der Waals surface area contributed by atoms with E-state index in [1.165, 1.54) is 6.07 Å². The van der Waals surface area contributed by atoms with Crippen LogP contribution in [0, 0.1) is 0 Å². The lowest BCUT2D eigenvalue weighted by atomic mass is 10.0. The highest BCUT2D eigenvalue weighted by molar-refractivity contribution is 5.95. The molecule has 0 aromatic heterocycles. The highest BCUT2D eigenvalue weighted by Crippen LogP contribution is 2.27. The fourth-order valence-electron chi connectivity index (χ4n) is 2.87. The minimum absolute atomic E-state index is 0.0200. The zero-order chi connectivity index (χ0) is 19.3. The van der Waals surface area contributed by atoms with Gasteiger partial charge in [0, 0.05) is 24.5 Å². The first-order chi connectivity index (χ1) is 13.0. The Bertz CT molecular complexity index is 834. The van der Waals surface area contributed by atoms with Crippen LogP contribution in [0.15, 0.2) is 53.5 Å². The van der Waals surface area contributed by atoms with Gasteiger partial charge in [-0.3, -0.25) is 4.79 Å². The van der Waals surface area contributed by atoms with Crippen molar-refractivity contribution >= 4 is 11.9 Å². The average Bonchev–Trinajstić information content (AvgIpc) is 3.04. The van der Waals surface area contributed by atoms with Crippen LogP contribution in [0.3, 0.4) is 0 Å². The lowest BCUT2D eigenvalue weighted by Gasteiger charge is -2.18. The number of aromatic hydroxyl groups is 1. The molecule has 1 aliphatic heterocycles. The van der Waals surface area contributed by atoms with Gasteiger partial charge in [0.1, 0.15) is 18.1 Å². The van der Waals surface area contributed by atoms with E-state index in [-0.39, 0.29) is 24.1 Å². The maximum Gasteiger partial charge on any atom is 0.303 e. The molecule has 1 atom stereocenters. The molecule has 27 heavy (non-hydrogen) atoms. The van der Waals surface area contributed by atoms with E-state index in [4.69, 9.17) is 19.6 Å². The van der Waals surface area contributed by atoms with Gasteiger partial charge in [0.25, 0.3) is 0 Å². The van der Waals surface area contributed by atoms with Gasteiger partial charge in [0.15, 0.2) is 0 Å². The van der Waals surface area contributed by atoms with E-state index in [1.807, 2.05) is 37.3 Å². The third-order valence-corrected chi connectivity index (χ3v) is 4.49. The van der Waals surface area contributed by atoms with E-state index in [9.17, 15) is 9.90 Å². The van der Waals surface area contributed by atoms with Gasteiger partial charge >= 0.3 is 5.97 Å². The molecule has 0 radical (unpaired) electrons. The highest BCUT2D eigenvalue weighted by atomic mass is 16.5. The number of benzene rings is 2. The molecule has 2 aromatic carbocycles. The Balaban J connectivity index is 1.54. The monoisotopic (exact) mass is 369 g/mol. The molecule has 0 saturated heterocycles. The van der Waals surface area contributed by atoms with Crippen LogP contribution in [-0.2, 0) is 16.0 Å². The van der Waals surface area contributed by atoms with E-state index in [0.29, 0.717) is 36.8 Å². The SMILES string of the molecule is CC1(CCOc2ccc(CCC(=O)O)c(O)c2)COC(c2ccccc2)=N1. The third-order valence-electron chi connectivity index (χ3n) is 4.49. The van der Waals surface area contributed by atoms with Crippen LogP contribution < -0.4 is 4.74 Å². The average molecular weight is 369 g/mol. The van der Waals surface area contributed by atoms with Crippen LogP contribution in [0.4, 0.5) is 0 Å². The smallest absolute Gasteiger partial charge is 0.303 e. The number of nitrogens with zero attached hydrogens (tertiary/aromatic N) is 1. The Morgan fingerprint density at radius 1 is 1.26 bits per heavy atom. The largest absolute Gasteiger partial charge is 0.508 e. The second kappa shape index (κ2) is 8.12. The number of carbonyl (C=O) groups is 1. The molecule has 6 heteroatoms. The summed E-state index contributed by atoms with van der Waals surface area (Å²) in [5, 5.41) is 18.7. The van der Waals surface area contributed by atoms with Gasteiger partial charge in [0.05, 0.1) is 12.1 Å². The lowest BCUT2D eigenvalue weighted by molar-refractivity contribution is -0.136. The van der Waals surface area contributed by atoms with Gasteiger partial charge in [-0.2, -0.15) is 0 Å². The van der Waals surface area contributed by atoms with Crippen molar-refractivity contribution in [3.8, 4) is 11.5 Å². The van der Waals surface area contributed by atoms with Crippen molar-refractivity contribution in [1.29, 1.82) is 0 Å². The number of carboxylic acids is 1. The number of aliphatic carboxylic acids is 1. The zero-order valence-corrected chi connectivity index (χ0v) is 15.2. The Morgan fingerprint density at radius 3 is 2.74 bits per heavy atom. The van der Waals surface area contributed by atoms with Crippen LogP contribution in [0.5, 0.6) is 11.5 Å². The molecule has 2 aromatic rings. The third kappa shape index (κ3) is 5.00. The normalized spacial score (nSPS) is 18.6. The number of phenolic OH excluding ortho intramolecular Hbond substituents is 1. The van der Waals surface area contributed by atoms with Crippen molar-refractivity contribution in [2.45, 2.75) is 31.7 Å². The van der Waals surface area contributed by atoms with Gasteiger partial charge < -0.3 is 19.7 Å². The summed E-state index contributed by atoms with van der Waals surface area (Å²) in [6, 6.07) is 14.7. The summed E-state index contributed by atoms with van der Waals surface area (Å²) >= 11 is 0. The molecule has 1 unspecified atom stereocenters. The van der Waals surface area contributed by atoms with Crippen molar-refractivity contribution in [2.24, 2.45) is 4.99 Å². The van der Waals surface area contributed by atoms with Crippen molar-refractivity contribution in [3.63, 3.8) is 0 Å². The van der Waals surface area contributed by atoms with Crippen LogP contribution in [0.25, 0.3) is 0 Å². The number of carboxylic acid groups (broad SMARTS) is 1. The first-order valence-corrected chi connectivity index (χ1v) is 8.90. The number of ether oxygens (including phenoxy) is 2. The Labute approximate surface area is 158 Å². The number of aryl methyl sites for hydroxylation is 1. The van der Waals surface area contributed by atoms with Crippen molar-refractivity contribution in [2.75, 3.05) is 13.2 Å². The predicted octanol–water partition coefficient (Wildman–Crippen LogP) is 3.41. The molecule has 6 nitrogen and oxygen atoms in total. The van der Waals surface area contributed by atoms with E-state index >= 15 is 0 Å². The van der Waals surface area contributed by atoms with Gasteiger partial charge in [0.2, 0.25) is 5.90 Å². The number of aliphatic imine (C=N–C) groups is 1. The Morgan fingerprint density at radius 2 is 2.04 bits per heavy atom. The van der Waals surface area contributed by atoms with Gasteiger partial charge in [-0.25, -0.2) is 4.99 Å². The van der Waals surface area contributed by atoms with Crippen LogP contribution >= 0.6 is 0 Å². The molecule has 142 valence electrons. The lowest BCUT2D eigenvalue weighted by Crippen LogP contribution is -2.26. The fraction of sp³-hybridized carbons (Fsp3) is 0.333. The highest BCUT2D eigenvalue weighted by Gasteiger charge is 2.32. The molecule has 1 heterocycles. The Hall–Kier alpha value is -3.02. The maximum atomic E-state index is 10.6. The topological polar surface area (TPSA) is 88.4 Å². The van der Waals surface area contributed by atoms with Gasteiger partial charge in [-0.05, 0) is 37.1 Å². The molecule has 3 rings (SSSR count). The van der Waals surface area contributed by atoms with Gasteiger partial charge in [-0.15, -0.1) is 0 Å². The quantitative estimate of drug-likeness (QED) is 0.744. The number of hydrogen-bond donors (Lipinski definition) is 2. The summed E-state index contributed by atoms with van der Waals surface area (Å²) in [6.45, 7) is 2.96. The summed E-state index contributed by atoms with van der Waals surface area (Å²) in [5.41, 5.74) is 1.20. The van der Waals surface area contributed by atoms with Crippen LogP contribution in [0.1, 0.15) is 30.9 Å². The summed E-state index contributed by atoms with van der Waals surface area (Å²) in [7, 11) is 0. The molecule has 1 aliphatic rings. The molecule has 0 saturated carbocycles. The maximum absolute atomic E-state index is 10.6. The van der Waals surface area contributed by atoms with E-state index in [2.05, 4.69) is 0 Å². The zero-order valence-electron chi connectivity index (χ0n) is 15.2. The number of rotatable bonds is 8. The number of phenols is 1. The molecule has 0 spiro atoms. The minimum Gasteiger partial charge on any atom is -0.508 e. The fourth-order valence-corrected chi connectivity index (χ4v) is 2.87. The van der Waals surface area contributed by atoms with E-state index < -0.39 is 5.97 Å². The molecule has 2 N–H and O–H groups in total. The first kappa shape index (κ1) is 18.8. The Kier molecular flexibility index (Phi) is 5.64. The molecule has 0 amide bonds. The van der Waals surface area contributed by atoms with E-state index in [1.54, 1.807) is 12.1 Å². The summed E-state index contributed by atoms with van der Waals surface area (Å²) in [6.07, 6.45) is 0.937. The predicted molar refractivity (Wildman–Crippen MR) is 102 cm³/mol. The van der Waals surface area contributed by atoms with Crippen LogP contribution in [0.2, 0.25) is 0 Å². The van der Waals surface area contributed by atoms with Crippen LogP contribution in [-0.4, -0.2) is 40.8 Å². The molecule has 0 bridgehead atoms. The molecule has 0 aliphatic carbocycles. The number of hydrogen-bond acceptors (Lipinski definition) is 5. The molecule has 0 fully saturated rings. The summed E-state index contributed by atoms with van der Waals surface area (Å²) in [4.78, 5) is 15.3. The standard InChI is InChI=1S/C21H23NO5/c1-21(14-27-20(22-21)16-5-3-2-4-6-16)11-12-26-17-9-7-15(18(23)13-17)8-10-19(24)25/h2-7,9,13,23H,8,10-12,14H2,1H3,(H,24,25).